The van der Waals surface area contributed by atoms with Crippen LogP contribution in [0.2, 0.25) is 0 Å². The van der Waals surface area contributed by atoms with Gasteiger partial charge in [-0.3, -0.25) is 0 Å². The summed E-state index contributed by atoms with van der Waals surface area (Å²) in [5.74, 6) is 0.927. The molecular weight excluding hydrogens is 369 g/mol. The Morgan fingerprint density at radius 2 is 1.80 bits per heavy atom. The Bertz CT molecular complexity index is 561. The van der Waals surface area contributed by atoms with Crippen molar-refractivity contribution in [2.24, 2.45) is 0 Å². The predicted molar refractivity (Wildman–Crippen MR) is 87.6 cm³/mol. The smallest absolute Gasteiger partial charge is 0.323 e. The van der Waals surface area contributed by atoms with Crippen molar-refractivity contribution in [3.05, 3.63) is 27.8 Å². The highest BCUT2D eigenvalue weighted by molar-refractivity contribution is 14.1. The lowest BCUT2D eigenvalue weighted by Crippen LogP contribution is -2.07. The molecule has 0 saturated carbocycles. The second kappa shape index (κ2) is 7.22. The van der Waals surface area contributed by atoms with E-state index in [0.29, 0.717) is 24.5 Å². The van der Waals surface area contributed by atoms with Gasteiger partial charge in [0.15, 0.2) is 0 Å². The maximum Gasteiger partial charge on any atom is 0.323 e. The van der Waals surface area contributed by atoms with E-state index in [9.17, 15) is 0 Å². The zero-order chi connectivity index (χ0) is 14.4. The second-order valence-electron chi connectivity index (χ2n) is 4.00. The molecule has 106 valence electrons. The summed E-state index contributed by atoms with van der Waals surface area (Å²) in [6, 6.07) is 8.28. The summed E-state index contributed by atoms with van der Waals surface area (Å²) in [7, 11) is 1.76. The van der Waals surface area contributed by atoms with E-state index in [4.69, 9.17) is 4.74 Å². The van der Waals surface area contributed by atoms with Crippen LogP contribution in [0.5, 0.6) is 6.01 Å². The average Bonchev–Trinajstić information content (AvgIpc) is 2.47. The lowest BCUT2D eigenvalue weighted by atomic mass is 10.3. The number of nitrogens with one attached hydrogen (secondary N) is 2. The summed E-state index contributed by atoms with van der Waals surface area (Å²) in [5.41, 5.74) is 0.917. The summed E-state index contributed by atoms with van der Waals surface area (Å²) >= 11 is 2.26. The second-order valence-corrected chi connectivity index (χ2v) is 5.24. The van der Waals surface area contributed by atoms with Crippen LogP contribution in [0.4, 0.5) is 17.6 Å². The number of halogens is 1. The molecule has 0 aliphatic heterocycles. The average molecular weight is 385 g/mol. The first-order valence-electron chi connectivity index (χ1n) is 6.30. The zero-order valence-electron chi connectivity index (χ0n) is 11.4. The van der Waals surface area contributed by atoms with Gasteiger partial charge in [0.1, 0.15) is 0 Å². The van der Waals surface area contributed by atoms with Gasteiger partial charge in [-0.1, -0.05) is 6.92 Å². The lowest BCUT2D eigenvalue weighted by molar-refractivity contribution is 0.292. The molecule has 7 heteroatoms. The van der Waals surface area contributed by atoms with Crippen molar-refractivity contribution in [3.8, 4) is 6.01 Å². The first-order chi connectivity index (χ1) is 9.71. The van der Waals surface area contributed by atoms with E-state index in [2.05, 4.69) is 48.2 Å². The van der Waals surface area contributed by atoms with Crippen molar-refractivity contribution in [2.45, 2.75) is 13.3 Å². The maximum atomic E-state index is 5.45. The highest BCUT2D eigenvalue weighted by Crippen LogP contribution is 2.17. The highest BCUT2D eigenvalue weighted by atomic mass is 127. The largest absolute Gasteiger partial charge is 0.463 e. The van der Waals surface area contributed by atoms with Gasteiger partial charge in [-0.15, -0.1) is 0 Å². The molecule has 1 aromatic carbocycles. The molecule has 0 unspecified atom stereocenters. The van der Waals surface area contributed by atoms with Gasteiger partial charge in [-0.2, -0.15) is 15.0 Å². The molecule has 0 fully saturated rings. The van der Waals surface area contributed by atoms with E-state index in [1.165, 1.54) is 3.57 Å². The predicted octanol–water partition coefficient (Wildman–Crippen LogP) is 3.05. The van der Waals surface area contributed by atoms with Gasteiger partial charge in [-0.05, 0) is 53.3 Å². The molecule has 2 N–H and O–H groups in total. The number of hydrogen-bond acceptors (Lipinski definition) is 6. The summed E-state index contributed by atoms with van der Waals surface area (Å²) in [4.78, 5) is 12.6. The van der Waals surface area contributed by atoms with Crippen molar-refractivity contribution >= 4 is 40.2 Å². The van der Waals surface area contributed by atoms with Crippen LogP contribution in [0.3, 0.4) is 0 Å². The normalized spacial score (nSPS) is 10.2. The van der Waals surface area contributed by atoms with E-state index >= 15 is 0 Å². The fourth-order valence-electron chi connectivity index (χ4n) is 1.44. The highest BCUT2D eigenvalue weighted by Gasteiger charge is 2.06. The number of rotatable bonds is 6. The van der Waals surface area contributed by atoms with E-state index in [0.717, 1.165) is 12.1 Å². The van der Waals surface area contributed by atoms with Gasteiger partial charge in [0.25, 0.3) is 0 Å². The van der Waals surface area contributed by atoms with Gasteiger partial charge in [-0.25, -0.2) is 0 Å². The van der Waals surface area contributed by atoms with Gasteiger partial charge < -0.3 is 15.4 Å². The van der Waals surface area contributed by atoms with Gasteiger partial charge in [0, 0.05) is 16.3 Å². The van der Waals surface area contributed by atoms with Crippen LogP contribution in [-0.2, 0) is 0 Å². The van der Waals surface area contributed by atoms with Crippen molar-refractivity contribution in [1.29, 1.82) is 0 Å². The third-order valence-electron chi connectivity index (χ3n) is 2.37. The standard InChI is InChI=1S/C13H16IN5O/c1-3-8-20-13-18-11(15-2)17-12(19-13)16-10-6-4-9(14)5-7-10/h4-7H,3,8H2,1-2H3,(H2,15,16,17,18,19). The van der Waals surface area contributed by atoms with Gasteiger partial charge in [0.2, 0.25) is 11.9 Å². The molecule has 0 aliphatic carbocycles. The van der Waals surface area contributed by atoms with Crippen LogP contribution in [0, 0.1) is 3.57 Å². The first kappa shape index (κ1) is 14.8. The Kier molecular flexibility index (Phi) is 5.33. The number of aromatic nitrogens is 3. The van der Waals surface area contributed by atoms with Crippen LogP contribution in [-0.4, -0.2) is 28.6 Å². The molecule has 0 spiro atoms. The Morgan fingerprint density at radius 3 is 2.45 bits per heavy atom. The van der Waals surface area contributed by atoms with Crippen LogP contribution >= 0.6 is 22.6 Å². The lowest BCUT2D eigenvalue weighted by Gasteiger charge is -2.09. The summed E-state index contributed by atoms with van der Waals surface area (Å²) < 4.78 is 6.62. The number of ether oxygens (including phenoxy) is 1. The topological polar surface area (TPSA) is 72.0 Å². The number of hydrogen-bond donors (Lipinski definition) is 2. The Labute approximate surface area is 131 Å². The molecule has 1 aromatic heterocycles. The zero-order valence-corrected chi connectivity index (χ0v) is 13.5. The molecule has 0 aliphatic rings. The van der Waals surface area contributed by atoms with Crippen molar-refractivity contribution in [3.63, 3.8) is 0 Å². The van der Waals surface area contributed by atoms with Gasteiger partial charge >= 0.3 is 6.01 Å². The third-order valence-corrected chi connectivity index (χ3v) is 3.09. The summed E-state index contributed by atoms with van der Waals surface area (Å²) in [5, 5.41) is 6.03. The Balaban J connectivity index is 2.19. The molecule has 0 atom stereocenters. The van der Waals surface area contributed by atoms with E-state index in [-0.39, 0.29) is 0 Å². The van der Waals surface area contributed by atoms with Crippen molar-refractivity contribution in [2.75, 3.05) is 24.3 Å². The fraction of sp³-hybridized carbons (Fsp3) is 0.308. The third kappa shape index (κ3) is 4.19. The minimum absolute atomic E-state index is 0.319. The Hall–Kier alpha value is -1.64. The van der Waals surface area contributed by atoms with Crippen LogP contribution in [0.1, 0.15) is 13.3 Å². The molecule has 0 bridgehead atoms. The molecule has 0 saturated heterocycles. The molecule has 2 rings (SSSR count). The molecule has 0 radical (unpaired) electrons. The summed E-state index contributed by atoms with van der Waals surface area (Å²) in [6.45, 7) is 2.61. The van der Waals surface area contributed by atoms with E-state index in [1.807, 2.05) is 31.2 Å². The molecular formula is C13H16IN5O. The van der Waals surface area contributed by atoms with Crippen LogP contribution in [0.15, 0.2) is 24.3 Å². The monoisotopic (exact) mass is 385 g/mol. The minimum atomic E-state index is 0.319. The van der Waals surface area contributed by atoms with E-state index < -0.39 is 0 Å². The molecule has 2 aromatic rings. The fourth-order valence-corrected chi connectivity index (χ4v) is 1.80. The SMILES string of the molecule is CCCOc1nc(NC)nc(Nc2ccc(I)cc2)n1. The summed E-state index contributed by atoms with van der Waals surface area (Å²) in [6.07, 6.45) is 0.903. The molecule has 20 heavy (non-hydrogen) atoms. The van der Waals surface area contributed by atoms with Crippen molar-refractivity contribution in [1.82, 2.24) is 15.0 Å². The van der Waals surface area contributed by atoms with Crippen LogP contribution in [0.25, 0.3) is 0 Å². The maximum absolute atomic E-state index is 5.45. The minimum Gasteiger partial charge on any atom is -0.463 e. The Morgan fingerprint density at radius 1 is 1.10 bits per heavy atom. The number of benzene rings is 1. The molecule has 1 heterocycles. The molecule has 0 amide bonds. The first-order valence-corrected chi connectivity index (χ1v) is 7.38. The quantitative estimate of drug-likeness (QED) is 0.745. The van der Waals surface area contributed by atoms with E-state index in [1.54, 1.807) is 7.05 Å². The van der Waals surface area contributed by atoms with Crippen molar-refractivity contribution < 1.29 is 4.74 Å². The van der Waals surface area contributed by atoms with Gasteiger partial charge in [0.05, 0.1) is 6.61 Å². The number of anilines is 3. The molecule has 6 nitrogen and oxygen atoms in total. The van der Waals surface area contributed by atoms with Crippen LogP contribution < -0.4 is 15.4 Å². The number of nitrogens with zero attached hydrogens (tertiary/aromatic N) is 3.